The zero-order valence-corrected chi connectivity index (χ0v) is 20.9. The molecule has 0 unspecified atom stereocenters. The zero-order valence-electron chi connectivity index (χ0n) is 20.9. The van der Waals surface area contributed by atoms with Crippen LogP contribution in [0.15, 0.2) is 103 Å². The molecule has 2 heterocycles. The van der Waals surface area contributed by atoms with Gasteiger partial charge < -0.3 is 5.73 Å². The van der Waals surface area contributed by atoms with Crippen molar-refractivity contribution in [3.05, 3.63) is 114 Å². The molecule has 2 N–H and O–H groups in total. The van der Waals surface area contributed by atoms with Crippen molar-refractivity contribution in [1.82, 2.24) is 14.6 Å². The van der Waals surface area contributed by atoms with Crippen molar-refractivity contribution in [2.45, 2.75) is 31.7 Å². The molecule has 4 nitrogen and oxygen atoms in total. The van der Waals surface area contributed by atoms with Gasteiger partial charge in [-0.1, -0.05) is 90.5 Å². The molecule has 37 heavy (non-hydrogen) atoms. The molecule has 0 atom stereocenters. The van der Waals surface area contributed by atoms with E-state index in [1.54, 1.807) is 0 Å². The highest BCUT2D eigenvalue weighted by molar-refractivity contribution is 5.97. The van der Waals surface area contributed by atoms with Crippen LogP contribution in [0.1, 0.15) is 30.4 Å². The summed E-state index contributed by atoms with van der Waals surface area (Å²) in [6, 6.07) is 34.2. The average molecular weight is 481 g/mol. The molecular formula is C33H28N4. The third-order valence-electron chi connectivity index (χ3n) is 7.84. The van der Waals surface area contributed by atoms with Crippen LogP contribution in [0, 0.1) is 6.92 Å². The number of nitrogens with zero attached hydrogens (tertiary/aromatic N) is 3. The molecule has 7 rings (SSSR count). The van der Waals surface area contributed by atoms with Gasteiger partial charge in [0.15, 0.2) is 5.65 Å². The smallest absolute Gasteiger partial charge is 0.163 e. The van der Waals surface area contributed by atoms with Crippen LogP contribution in [0.2, 0.25) is 0 Å². The van der Waals surface area contributed by atoms with Crippen LogP contribution in [-0.4, -0.2) is 14.6 Å². The first-order valence-electron chi connectivity index (χ1n) is 12.9. The van der Waals surface area contributed by atoms with Gasteiger partial charge in [-0.2, -0.15) is 5.10 Å². The maximum absolute atomic E-state index is 6.60. The summed E-state index contributed by atoms with van der Waals surface area (Å²) in [6.45, 7) is 2.11. The molecule has 0 aliphatic heterocycles. The molecule has 2 aromatic heterocycles. The van der Waals surface area contributed by atoms with Gasteiger partial charge in [-0.05, 0) is 60.6 Å². The minimum atomic E-state index is -0.174. The van der Waals surface area contributed by atoms with Gasteiger partial charge in [-0.15, -0.1) is 0 Å². The molecule has 0 amide bonds. The van der Waals surface area contributed by atoms with Crippen molar-refractivity contribution in [1.29, 1.82) is 0 Å². The van der Waals surface area contributed by atoms with E-state index in [4.69, 9.17) is 15.8 Å². The van der Waals surface area contributed by atoms with Gasteiger partial charge in [0, 0.05) is 28.2 Å². The molecule has 0 bridgehead atoms. The number of aryl methyl sites for hydroxylation is 1. The Morgan fingerprint density at radius 3 is 2.16 bits per heavy atom. The van der Waals surface area contributed by atoms with Crippen molar-refractivity contribution >= 4 is 16.6 Å². The highest BCUT2D eigenvalue weighted by Gasteiger charge is 2.34. The van der Waals surface area contributed by atoms with Crippen molar-refractivity contribution in [3.8, 4) is 33.5 Å². The summed E-state index contributed by atoms with van der Waals surface area (Å²) in [7, 11) is 0. The monoisotopic (exact) mass is 480 g/mol. The zero-order chi connectivity index (χ0) is 25.0. The Morgan fingerprint density at radius 1 is 0.757 bits per heavy atom. The molecule has 1 fully saturated rings. The maximum atomic E-state index is 6.60. The van der Waals surface area contributed by atoms with E-state index in [1.807, 2.05) is 10.6 Å². The van der Waals surface area contributed by atoms with E-state index in [0.717, 1.165) is 57.3 Å². The summed E-state index contributed by atoms with van der Waals surface area (Å²) < 4.78 is 1.92. The summed E-state index contributed by atoms with van der Waals surface area (Å²) in [5.41, 5.74) is 17.2. The van der Waals surface area contributed by atoms with Gasteiger partial charge in [-0.3, -0.25) is 0 Å². The Hall–Kier alpha value is -4.28. The Labute approximate surface area is 216 Å². The average Bonchev–Trinajstić information content (AvgIpc) is 3.29. The first kappa shape index (κ1) is 22.0. The number of nitrogens with two attached hydrogens (primary N) is 1. The standard InChI is InChI=1S/C33H28N4/c1-22-8-10-23(11-9-22)26-14-17-30-28(20-26)32-35-31(25-12-15-27(16-13-25)33(34)18-5-19-33)29(21-37(32)36-30)24-6-3-2-4-7-24/h2-4,6-17,20-21H,5,18-19,34H2,1H3. The molecule has 0 saturated heterocycles. The second kappa shape index (κ2) is 8.39. The van der Waals surface area contributed by atoms with E-state index < -0.39 is 0 Å². The number of hydrogen-bond donors (Lipinski definition) is 1. The summed E-state index contributed by atoms with van der Waals surface area (Å²) in [5.74, 6) is 0. The topological polar surface area (TPSA) is 56.2 Å². The molecule has 1 saturated carbocycles. The SMILES string of the molecule is Cc1ccc(-c2ccc3nn4cc(-c5ccccc5)c(-c5ccc(C6(N)CCC6)cc5)nc4c3c2)cc1. The molecule has 180 valence electrons. The van der Waals surface area contributed by atoms with Crippen LogP contribution in [0.4, 0.5) is 0 Å². The number of hydrogen-bond acceptors (Lipinski definition) is 3. The Kier molecular flexibility index (Phi) is 4.98. The van der Waals surface area contributed by atoms with Gasteiger partial charge in [0.1, 0.15) is 0 Å². The second-order valence-electron chi connectivity index (χ2n) is 10.3. The lowest BCUT2D eigenvalue weighted by Crippen LogP contribution is -2.43. The number of fused-ring (bicyclic) bond motifs is 3. The lowest BCUT2D eigenvalue weighted by molar-refractivity contribution is 0.253. The van der Waals surface area contributed by atoms with E-state index in [0.29, 0.717) is 0 Å². The van der Waals surface area contributed by atoms with E-state index in [1.165, 1.54) is 23.1 Å². The number of rotatable bonds is 4. The summed E-state index contributed by atoms with van der Waals surface area (Å²) in [6.07, 6.45) is 5.42. The Bertz CT molecular complexity index is 1740. The first-order chi connectivity index (χ1) is 18.1. The number of benzene rings is 4. The summed E-state index contributed by atoms with van der Waals surface area (Å²) in [4.78, 5) is 5.25. The Balaban J connectivity index is 1.42. The molecule has 1 aliphatic carbocycles. The van der Waals surface area contributed by atoms with Gasteiger partial charge in [0.25, 0.3) is 0 Å². The summed E-state index contributed by atoms with van der Waals surface area (Å²) >= 11 is 0. The largest absolute Gasteiger partial charge is 0.321 e. The highest BCUT2D eigenvalue weighted by Crippen LogP contribution is 2.40. The van der Waals surface area contributed by atoms with Crippen molar-refractivity contribution in [2.24, 2.45) is 5.73 Å². The van der Waals surface area contributed by atoms with Crippen LogP contribution in [0.25, 0.3) is 50.1 Å². The molecule has 0 spiro atoms. The minimum Gasteiger partial charge on any atom is -0.321 e. The van der Waals surface area contributed by atoms with Crippen molar-refractivity contribution in [2.75, 3.05) is 0 Å². The lowest BCUT2D eigenvalue weighted by atomic mass is 9.72. The predicted molar refractivity (Wildman–Crippen MR) is 151 cm³/mol. The van der Waals surface area contributed by atoms with Crippen LogP contribution in [-0.2, 0) is 5.54 Å². The summed E-state index contributed by atoms with van der Waals surface area (Å²) in [5, 5.41) is 5.93. The molecular weight excluding hydrogens is 452 g/mol. The number of aromatic nitrogens is 3. The first-order valence-corrected chi connectivity index (χ1v) is 12.9. The molecule has 1 aliphatic rings. The van der Waals surface area contributed by atoms with Crippen molar-refractivity contribution < 1.29 is 0 Å². The molecule has 6 aromatic rings. The fourth-order valence-electron chi connectivity index (χ4n) is 5.42. The third kappa shape index (κ3) is 3.73. The molecule has 0 radical (unpaired) electrons. The van der Waals surface area contributed by atoms with E-state index in [-0.39, 0.29) is 5.54 Å². The minimum absolute atomic E-state index is 0.174. The third-order valence-corrected chi connectivity index (χ3v) is 7.84. The normalized spacial score (nSPS) is 14.6. The quantitative estimate of drug-likeness (QED) is 0.284. The highest BCUT2D eigenvalue weighted by atomic mass is 15.2. The molecule has 4 aromatic carbocycles. The van der Waals surface area contributed by atoms with Crippen LogP contribution in [0.5, 0.6) is 0 Å². The van der Waals surface area contributed by atoms with Crippen LogP contribution >= 0.6 is 0 Å². The van der Waals surface area contributed by atoms with E-state index in [2.05, 4.69) is 104 Å². The van der Waals surface area contributed by atoms with Crippen molar-refractivity contribution in [3.63, 3.8) is 0 Å². The molecule has 4 heteroatoms. The maximum Gasteiger partial charge on any atom is 0.163 e. The van der Waals surface area contributed by atoms with Gasteiger partial charge in [-0.25, -0.2) is 9.50 Å². The van der Waals surface area contributed by atoms with Crippen LogP contribution in [0.3, 0.4) is 0 Å². The van der Waals surface area contributed by atoms with Gasteiger partial charge in [0.05, 0.1) is 11.2 Å². The lowest BCUT2D eigenvalue weighted by Gasteiger charge is -2.38. The van der Waals surface area contributed by atoms with Crippen LogP contribution < -0.4 is 5.73 Å². The fourth-order valence-corrected chi connectivity index (χ4v) is 5.42. The van der Waals surface area contributed by atoms with Gasteiger partial charge in [0.2, 0.25) is 0 Å². The second-order valence-corrected chi connectivity index (χ2v) is 10.3. The van der Waals surface area contributed by atoms with E-state index >= 15 is 0 Å². The predicted octanol–water partition coefficient (Wildman–Crippen LogP) is 7.53. The van der Waals surface area contributed by atoms with Gasteiger partial charge >= 0.3 is 0 Å². The Morgan fingerprint density at radius 2 is 1.46 bits per heavy atom. The van der Waals surface area contributed by atoms with E-state index in [9.17, 15) is 0 Å². The fraction of sp³-hybridized carbons (Fsp3) is 0.152.